The maximum atomic E-state index is 12.3. The number of rotatable bonds is 9. The zero-order chi connectivity index (χ0) is 22.2. The van der Waals surface area contributed by atoms with Gasteiger partial charge in [0.15, 0.2) is 17.3 Å². The molecule has 1 heterocycles. The van der Waals surface area contributed by atoms with E-state index in [1.807, 2.05) is 49.4 Å². The van der Waals surface area contributed by atoms with Crippen molar-refractivity contribution in [3.63, 3.8) is 0 Å². The van der Waals surface area contributed by atoms with Crippen molar-refractivity contribution in [1.29, 1.82) is 0 Å². The largest absolute Gasteiger partial charge is 0.493 e. The minimum atomic E-state index is -0.330. The number of hydrogen-bond donors (Lipinski definition) is 2. The van der Waals surface area contributed by atoms with Crippen molar-refractivity contribution in [2.24, 2.45) is 0 Å². The van der Waals surface area contributed by atoms with Crippen LogP contribution in [-0.2, 0) is 17.6 Å². The van der Waals surface area contributed by atoms with Gasteiger partial charge in [-0.15, -0.1) is 10.2 Å². The van der Waals surface area contributed by atoms with Gasteiger partial charge in [-0.3, -0.25) is 9.59 Å². The number of benzene rings is 2. The number of nitrogens with one attached hydrogen (secondary N) is 2. The molecule has 1 aromatic heterocycles. The second-order valence-electron chi connectivity index (χ2n) is 7.10. The number of carbonyl (C=O) groups excluding carboxylic acids is 1. The van der Waals surface area contributed by atoms with E-state index in [0.717, 1.165) is 16.7 Å². The minimum Gasteiger partial charge on any atom is -0.493 e. The first kappa shape index (κ1) is 22.0. The lowest BCUT2D eigenvalue weighted by Crippen LogP contribution is -2.27. The highest BCUT2D eigenvalue weighted by molar-refractivity contribution is 5.76. The van der Waals surface area contributed by atoms with Gasteiger partial charge in [-0.25, -0.2) is 0 Å². The fourth-order valence-electron chi connectivity index (χ4n) is 3.07. The zero-order valence-electron chi connectivity index (χ0n) is 17.9. The molecule has 3 rings (SSSR count). The first-order valence-corrected chi connectivity index (χ1v) is 10.0. The predicted octanol–water partition coefficient (Wildman–Crippen LogP) is 2.45. The fourth-order valence-corrected chi connectivity index (χ4v) is 3.07. The summed E-state index contributed by atoms with van der Waals surface area (Å²) in [4.78, 5) is 27.2. The van der Waals surface area contributed by atoms with Gasteiger partial charge in [-0.2, -0.15) is 0 Å². The van der Waals surface area contributed by atoms with Gasteiger partial charge < -0.3 is 19.8 Å². The molecule has 0 atom stereocenters. The van der Waals surface area contributed by atoms with Crippen LogP contribution in [0.15, 0.2) is 47.3 Å². The first-order valence-electron chi connectivity index (χ1n) is 10.0. The summed E-state index contributed by atoms with van der Waals surface area (Å²) in [6.07, 6.45) is 1.03. The first-order chi connectivity index (χ1) is 15.0. The van der Waals surface area contributed by atoms with Crippen LogP contribution >= 0.6 is 0 Å². The van der Waals surface area contributed by atoms with Crippen molar-refractivity contribution in [3.05, 3.63) is 69.6 Å². The lowest BCUT2D eigenvalue weighted by molar-refractivity contribution is -0.121. The van der Waals surface area contributed by atoms with Crippen LogP contribution in [0.2, 0.25) is 0 Å². The highest BCUT2D eigenvalue weighted by atomic mass is 16.5. The summed E-state index contributed by atoms with van der Waals surface area (Å²) in [7, 11) is 3.17. The quantitative estimate of drug-likeness (QED) is 0.549. The van der Waals surface area contributed by atoms with E-state index in [1.165, 1.54) is 0 Å². The Morgan fingerprint density at radius 3 is 2.42 bits per heavy atom. The lowest BCUT2D eigenvalue weighted by Gasteiger charge is -2.10. The molecule has 3 aromatic rings. The van der Waals surface area contributed by atoms with Gasteiger partial charge in [0.25, 0.3) is 5.56 Å². The van der Waals surface area contributed by atoms with Crippen molar-refractivity contribution in [2.75, 3.05) is 20.8 Å². The number of hydrogen-bond acceptors (Lipinski definition) is 6. The van der Waals surface area contributed by atoms with Gasteiger partial charge in [0, 0.05) is 24.9 Å². The molecule has 2 N–H and O–H groups in total. The third-order valence-corrected chi connectivity index (χ3v) is 4.86. The molecule has 162 valence electrons. The average molecular weight is 422 g/mol. The molecule has 2 aromatic carbocycles. The number of nitrogens with zero attached hydrogens (tertiary/aromatic N) is 2. The van der Waals surface area contributed by atoms with E-state index in [-0.39, 0.29) is 30.0 Å². The monoisotopic (exact) mass is 422 g/mol. The number of aromatic nitrogens is 3. The number of H-pyrrole nitrogens is 1. The third-order valence-electron chi connectivity index (χ3n) is 4.86. The van der Waals surface area contributed by atoms with E-state index >= 15 is 0 Å². The Morgan fingerprint density at radius 1 is 1.00 bits per heavy atom. The molecule has 0 spiro atoms. The van der Waals surface area contributed by atoms with E-state index < -0.39 is 0 Å². The summed E-state index contributed by atoms with van der Waals surface area (Å²) < 4.78 is 10.5. The smallest absolute Gasteiger partial charge is 0.273 e. The second-order valence-corrected chi connectivity index (χ2v) is 7.10. The van der Waals surface area contributed by atoms with Crippen LogP contribution in [0.25, 0.3) is 11.4 Å². The topological polar surface area (TPSA) is 106 Å². The molecule has 0 unspecified atom stereocenters. The molecule has 0 radical (unpaired) electrons. The van der Waals surface area contributed by atoms with Crippen LogP contribution in [0.5, 0.6) is 11.5 Å². The minimum absolute atomic E-state index is 0.149. The maximum absolute atomic E-state index is 12.3. The summed E-state index contributed by atoms with van der Waals surface area (Å²) in [6.45, 7) is 2.46. The van der Waals surface area contributed by atoms with E-state index in [9.17, 15) is 9.59 Å². The number of methoxy groups -OCH3 is 2. The Balaban J connectivity index is 1.49. The molecular weight excluding hydrogens is 396 g/mol. The molecule has 31 heavy (non-hydrogen) atoms. The molecule has 0 aliphatic heterocycles. The molecule has 0 saturated heterocycles. The average Bonchev–Trinajstić information content (AvgIpc) is 2.78. The molecule has 0 bridgehead atoms. The van der Waals surface area contributed by atoms with Crippen molar-refractivity contribution in [2.45, 2.75) is 26.2 Å². The molecule has 0 fully saturated rings. The summed E-state index contributed by atoms with van der Waals surface area (Å²) >= 11 is 0. The standard InChI is InChI=1S/C23H26N4O4/c1-15-4-7-17(8-5-15)22-25-23(29)18(26-27-22)9-11-21(28)24-13-12-16-6-10-19(30-2)20(14-16)31-3/h4-8,10,14H,9,11-13H2,1-3H3,(H,24,28)(H,25,27,29). The molecule has 8 nitrogen and oxygen atoms in total. The van der Waals surface area contributed by atoms with Gasteiger partial charge in [-0.1, -0.05) is 35.9 Å². The van der Waals surface area contributed by atoms with Gasteiger partial charge in [0.2, 0.25) is 5.91 Å². The van der Waals surface area contributed by atoms with E-state index in [0.29, 0.717) is 30.3 Å². The van der Waals surface area contributed by atoms with Crippen LogP contribution < -0.4 is 20.3 Å². The highest BCUT2D eigenvalue weighted by Crippen LogP contribution is 2.27. The zero-order valence-corrected chi connectivity index (χ0v) is 17.9. The van der Waals surface area contributed by atoms with Gasteiger partial charge in [0.05, 0.1) is 14.2 Å². The van der Waals surface area contributed by atoms with Crippen LogP contribution in [0.4, 0.5) is 0 Å². The van der Waals surface area contributed by atoms with Crippen molar-refractivity contribution >= 4 is 5.91 Å². The Labute approximate surface area is 180 Å². The lowest BCUT2D eigenvalue weighted by atomic mass is 10.1. The van der Waals surface area contributed by atoms with E-state index in [4.69, 9.17) is 9.47 Å². The van der Waals surface area contributed by atoms with Gasteiger partial charge in [0.1, 0.15) is 5.69 Å². The summed E-state index contributed by atoms with van der Waals surface area (Å²) in [5, 5.41) is 11.0. The van der Waals surface area contributed by atoms with Crippen LogP contribution in [0.3, 0.4) is 0 Å². The molecule has 0 aliphatic rings. The number of ether oxygens (including phenoxy) is 2. The Bertz CT molecular complexity index is 1090. The van der Waals surface area contributed by atoms with Gasteiger partial charge >= 0.3 is 0 Å². The molecule has 0 aliphatic carbocycles. The second kappa shape index (κ2) is 10.4. The summed E-state index contributed by atoms with van der Waals surface area (Å²) in [6, 6.07) is 13.3. The highest BCUT2D eigenvalue weighted by Gasteiger charge is 2.10. The molecular formula is C23H26N4O4. The van der Waals surface area contributed by atoms with E-state index in [2.05, 4.69) is 20.5 Å². The van der Waals surface area contributed by atoms with Crippen molar-refractivity contribution in [1.82, 2.24) is 20.5 Å². The Kier molecular flexibility index (Phi) is 7.37. The van der Waals surface area contributed by atoms with Crippen LogP contribution in [0, 0.1) is 6.92 Å². The SMILES string of the molecule is COc1ccc(CCNC(=O)CCc2nnc(-c3ccc(C)cc3)[nH]c2=O)cc1OC. The number of carbonyl (C=O) groups is 1. The Morgan fingerprint density at radius 2 is 1.74 bits per heavy atom. The fraction of sp³-hybridized carbons (Fsp3) is 0.304. The normalized spacial score (nSPS) is 10.5. The van der Waals surface area contributed by atoms with Crippen molar-refractivity contribution in [3.8, 4) is 22.9 Å². The maximum Gasteiger partial charge on any atom is 0.273 e. The molecule has 0 saturated carbocycles. The molecule has 8 heteroatoms. The number of amides is 1. The number of aryl methyl sites for hydroxylation is 2. The van der Waals surface area contributed by atoms with Crippen molar-refractivity contribution < 1.29 is 14.3 Å². The van der Waals surface area contributed by atoms with Crippen LogP contribution in [-0.4, -0.2) is 41.9 Å². The summed E-state index contributed by atoms with van der Waals surface area (Å²) in [5.74, 6) is 1.57. The van der Waals surface area contributed by atoms with E-state index in [1.54, 1.807) is 14.2 Å². The predicted molar refractivity (Wildman–Crippen MR) is 117 cm³/mol. The van der Waals surface area contributed by atoms with Gasteiger partial charge in [-0.05, 0) is 31.0 Å². The van der Waals surface area contributed by atoms with Crippen LogP contribution in [0.1, 0.15) is 23.2 Å². The third kappa shape index (κ3) is 5.91. The molecule has 1 amide bonds. The Hall–Kier alpha value is -3.68. The summed E-state index contributed by atoms with van der Waals surface area (Å²) in [5.41, 5.74) is 2.84. The number of aromatic amines is 1.